The van der Waals surface area contributed by atoms with Crippen molar-refractivity contribution in [3.05, 3.63) is 59.3 Å². The molecule has 0 radical (unpaired) electrons. The minimum Gasteiger partial charge on any atom is -0.497 e. The second-order valence-electron chi connectivity index (χ2n) is 8.92. The molecular formula is C28H32N4O4. The van der Waals surface area contributed by atoms with Gasteiger partial charge in [-0.15, -0.1) is 0 Å². The van der Waals surface area contributed by atoms with Crippen LogP contribution in [0.5, 0.6) is 5.75 Å². The number of rotatable bonds is 12. The van der Waals surface area contributed by atoms with E-state index in [9.17, 15) is 14.4 Å². The van der Waals surface area contributed by atoms with E-state index in [1.165, 1.54) is 0 Å². The number of nitriles is 1. The van der Waals surface area contributed by atoms with Crippen LogP contribution in [-0.4, -0.2) is 35.7 Å². The number of H-pyrrole nitrogens is 1. The van der Waals surface area contributed by atoms with E-state index in [-0.39, 0.29) is 24.0 Å². The number of amides is 2. The lowest BCUT2D eigenvalue weighted by Gasteiger charge is -2.19. The van der Waals surface area contributed by atoms with Crippen LogP contribution in [0.1, 0.15) is 55.8 Å². The Morgan fingerprint density at radius 3 is 2.64 bits per heavy atom. The molecule has 1 aromatic heterocycles. The van der Waals surface area contributed by atoms with Crippen molar-refractivity contribution in [3.63, 3.8) is 0 Å². The first-order valence-electron chi connectivity index (χ1n) is 12.1. The Hall–Kier alpha value is -4.12. The van der Waals surface area contributed by atoms with Crippen LogP contribution in [0.2, 0.25) is 0 Å². The normalized spacial score (nSPS) is 11.5. The minimum absolute atomic E-state index is 0.108. The van der Waals surface area contributed by atoms with Gasteiger partial charge in [-0.3, -0.25) is 9.59 Å². The van der Waals surface area contributed by atoms with Crippen LogP contribution in [0.4, 0.5) is 5.69 Å². The number of nitrogens with one attached hydrogen (secondary N) is 3. The van der Waals surface area contributed by atoms with Gasteiger partial charge in [0.1, 0.15) is 17.6 Å². The summed E-state index contributed by atoms with van der Waals surface area (Å²) < 4.78 is 5.33. The van der Waals surface area contributed by atoms with Crippen LogP contribution >= 0.6 is 0 Å². The number of hydrogen-bond donors (Lipinski definition) is 3. The molecule has 1 heterocycles. The molecule has 0 aliphatic carbocycles. The average Bonchev–Trinajstić information content (AvgIpc) is 3.16. The first-order valence-corrected chi connectivity index (χ1v) is 12.1. The maximum Gasteiger partial charge on any atom is 0.246 e. The maximum atomic E-state index is 13.1. The Bertz CT molecular complexity index is 1290. The van der Waals surface area contributed by atoms with Gasteiger partial charge in [0.25, 0.3) is 0 Å². The molecule has 8 heteroatoms. The summed E-state index contributed by atoms with van der Waals surface area (Å²) in [5.74, 6) is 0.227. The smallest absolute Gasteiger partial charge is 0.246 e. The molecule has 0 saturated carbocycles. The zero-order valence-electron chi connectivity index (χ0n) is 20.9. The van der Waals surface area contributed by atoms with Crippen molar-refractivity contribution in [2.24, 2.45) is 0 Å². The maximum absolute atomic E-state index is 13.1. The Morgan fingerprint density at radius 2 is 1.92 bits per heavy atom. The molecule has 0 aliphatic heterocycles. The highest BCUT2D eigenvalue weighted by Gasteiger charge is 2.22. The van der Waals surface area contributed by atoms with Crippen molar-refractivity contribution >= 4 is 34.2 Å². The first-order chi connectivity index (χ1) is 17.3. The van der Waals surface area contributed by atoms with E-state index in [2.05, 4.69) is 21.7 Å². The molecule has 2 aromatic carbocycles. The van der Waals surface area contributed by atoms with Crippen molar-refractivity contribution in [2.75, 3.05) is 12.4 Å². The highest BCUT2D eigenvalue weighted by atomic mass is 16.5. The summed E-state index contributed by atoms with van der Waals surface area (Å²) in [5, 5.41) is 15.7. The monoisotopic (exact) mass is 488 g/mol. The highest BCUT2D eigenvalue weighted by molar-refractivity contribution is 5.98. The lowest BCUT2D eigenvalue weighted by molar-refractivity contribution is -0.126. The number of Topliss-reactive ketones (excluding diaryl/α,β-unsaturated/α-hetero) is 1. The van der Waals surface area contributed by atoms with Crippen LogP contribution in [0.15, 0.2) is 42.5 Å². The number of ketones is 1. The van der Waals surface area contributed by atoms with Gasteiger partial charge in [0.15, 0.2) is 0 Å². The zero-order chi connectivity index (χ0) is 26.1. The lowest BCUT2D eigenvalue weighted by atomic mass is 10.0. The number of benzene rings is 2. The number of fused-ring (bicyclic) bond motifs is 1. The summed E-state index contributed by atoms with van der Waals surface area (Å²) in [6.07, 6.45) is 3.27. The average molecular weight is 489 g/mol. The number of aryl methyl sites for hydroxylation is 1. The fourth-order valence-corrected chi connectivity index (χ4v) is 4.19. The molecule has 1 unspecified atom stereocenters. The molecule has 0 fully saturated rings. The van der Waals surface area contributed by atoms with E-state index < -0.39 is 6.04 Å². The van der Waals surface area contributed by atoms with E-state index in [0.29, 0.717) is 36.3 Å². The van der Waals surface area contributed by atoms with E-state index in [4.69, 9.17) is 10.00 Å². The highest BCUT2D eigenvalue weighted by Crippen LogP contribution is 2.27. The molecule has 8 nitrogen and oxygen atoms in total. The van der Waals surface area contributed by atoms with Gasteiger partial charge in [-0.1, -0.05) is 18.9 Å². The predicted molar refractivity (Wildman–Crippen MR) is 139 cm³/mol. The number of carbonyl (C=O) groups excluding carboxylic acids is 3. The molecule has 3 aromatic rings. The lowest BCUT2D eigenvalue weighted by Crippen LogP contribution is -2.44. The molecule has 0 spiro atoms. The quantitative estimate of drug-likeness (QED) is 0.322. The number of hydrogen-bond acceptors (Lipinski definition) is 5. The third kappa shape index (κ3) is 7.19. The number of nitrogens with zero attached hydrogens (tertiary/aromatic N) is 1. The molecule has 0 bridgehead atoms. The third-order valence-electron chi connectivity index (χ3n) is 6.10. The van der Waals surface area contributed by atoms with Gasteiger partial charge in [0.2, 0.25) is 11.8 Å². The van der Waals surface area contributed by atoms with Crippen LogP contribution in [-0.2, 0) is 20.8 Å². The Balaban J connectivity index is 1.72. The number of anilines is 1. The zero-order valence-corrected chi connectivity index (χ0v) is 20.9. The first kappa shape index (κ1) is 26.5. The molecule has 0 saturated heterocycles. The summed E-state index contributed by atoms with van der Waals surface area (Å²) in [6.45, 7) is 3.48. The van der Waals surface area contributed by atoms with Crippen molar-refractivity contribution in [1.29, 1.82) is 5.26 Å². The molecule has 2 amide bonds. The molecule has 1 atom stereocenters. The van der Waals surface area contributed by atoms with Crippen LogP contribution < -0.4 is 15.4 Å². The van der Waals surface area contributed by atoms with Crippen LogP contribution in [0.25, 0.3) is 10.9 Å². The molecular weight excluding hydrogens is 456 g/mol. The van der Waals surface area contributed by atoms with Crippen molar-refractivity contribution in [2.45, 2.75) is 58.4 Å². The van der Waals surface area contributed by atoms with Gasteiger partial charge in [0.05, 0.1) is 25.2 Å². The number of aromatic amines is 1. The third-order valence-corrected chi connectivity index (χ3v) is 6.10. The van der Waals surface area contributed by atoms with Gasteiger partial charge in [-0.2, -0.15) is 5.26 Å². The van der Waals surface area contributed by atoms with Crippen molar-refractivity contribution in [3.8, 4) is 11.8 Å². The summed E-state index contributed by atoms with van der Waals surface area (Å²) in [6, 6.07) is 13.6. The summed E-state index contributed by atoms with van der Waals surface area (Å²) in [5.41, 5.74) is 3.57. The van der Waals surface area contributed by atoms with Gasteiger partial charge in [-0.25, -0.2) is 0 Å². The van der Waals surface area contributed by atoms with E-state index in [0.717, 1.165) is 35.0 Å². The summed E-state index contributed by atoms with van der Waals surface area (Å²) in [4.78, 5) is 40.7. The largest absolute Gasteiger partial charge is 0.497 e. The van der Waals surface area contributed by atoms with Crippen molar-refractivity contribution < 1.29 is 19.1 Å². The fourth-order valence-electron chi connectivity index (χ4n) is 4.19. The van der Waals surface area contributed by atoms with Crippen LogP contribution in [0, 0.1) is 18.3 Å². The number of carbonyl (C=O) groups is 3. The Labute approximate surface area is 211 Å². The Kier molecular flexibility index (Phi) is 9.23. The van der Waals surface area contributed by atoms with E-state index in [1.54, 1.807) is 38.3 Å². The molecule has 3 N–H and O–H groups in total. The van der Waals surface area contributed by atoms with Gasteiger partial charge in [-0.05, 0) is 68.7 Å². The Morgan fingerprint density at radius 1 is 1.11 bits per heavy atom. The topological polar surface area (TPSA) is 124 Å². The number of ether oxygens (including phenoxy) is 1. The molecule has 0 aliphatic rings. The number of unbranched alkanes of at least 4 members (excludes halogenated alkanes) is 2. The summed E-state index contributed by atoms with van der Waals surface area (Å²) >= 11 is 0. The minimum atomic E-state index is -0.749. The van der Waals surface area contributed by atoms with E-state index >= 15 is 0 Å². The van der Waals surface area contributed by atoms with Crippen molar-refractivity contribution in [1.82, 2.24) is 10.3 Å². The number of aromatic nitrogens is 1. The van der Waals surface area contributed by atoms with E-state index in [1.807, 2.05) is 25.1 Å². The molecule has 188 valence electrons. The second kappa shape index (κ2) is 12.5. The number of methoxy groups -OCH3 is 1. The molecule has 36 heavy (non-hydrogen) atoms. The fraction of sp³-hybridized carbons (Fsp3) is 0.357. The SMILES string of the molecule is COc1ccc2[nH]c(C)c(CC(=O)NC(CCCCCC(C)=O)C(=O)Nc3cccc(C#N)c3)c2c1. The standard InChI is InChI=1S/C28H32N4O4/c1-18(33)8-5-4-6-11-26(28(35)31-21-10-7-9-20(14-21)17-29)32-27(34)16-23-19(2)30-25-13-12-22(36-3)15-24(23)25/h7,9-10,12-15,26,30H,4-6,8,11,16H2,1-3H3,(H,31,35)(H,32,34). The van der Waals surface area contributed by atoms with Crippen LogP contribution in [0.3, 0.4) is 0 Å². The predicted octanol–water partition coefficient (Wildman–Crippen LogP) is 4.56. The van der Waals surface area contributed by atoms with Gasteiger partial charge in [0, 0.05) is 28.7 Å². The van der Waals surface area contributed by atoms with Gasteiger partial charge >= 0.3 is 0 Å². The van der Waals surface area contributed by atoms with Gasteiger partial charge < -0.3 is 25.1 Å². The summed E-state index contributed by atoms with van der Waals surface area (Å²) in [7, 11) is 1.60. The second-order valence-corrected chi connectivity index (χ2v) is 8.92. The molecule has 3 rings (SSSR count).